The molecule has 98 valence electrons. The van der Waals surface area contributed by atoms with Crippen molar-refractivity contribution in [1.82, 2.24) is 20.2 Å². The number of carbonyl (C=O) groups is 1. The number of carbonyl (C=O) groups excluding carboxylic acids is 1. The van der Waals surface area contributed by atoms with E-state index in [0.717, 1.165) is 12.8 Å². The molecule has 1 aliphatic carbocycles. The highest BCUT2D eigenvalue weighted by atomic mass is 16.7. The molecular weight excluding hydrogens is 244 g/mol. The molecule has 1 fully saturated rings. The van der Waals surface area contributed by atoms with Crippen molar-refractivity contribution in [2.75, 3.05) is 0 Å². The van der Waals surface area contributed by atoms with Crippen molar-refractivity contribution in [2.45, 2.75) is 18.9 Å². The first-order valence-corrected chi connectivity index (χ1v) is 6.19. The molecule has 1 aliphatic rings. The minimum atomic E-state index is -0.0758. The highest BCUT2D eigenvalue weighted by Gasteiger charge is 2.35. The lowest BCUT2D eigenvalue weighted by Gasteiger charge is -2.34. The molecule has 1 heterocycles. The number of hydroxylamine groups is 1. The summed E-state index contributed by atoms with van der Waals surface area (Å²) in [7, 11) is 0. The predicted molar refractivity (Wildman–Crippen MR) is 67.0 cm³/mol. The Bertz CT molecular complexity index is 535. The van der Waals surface area contributed by atoms with Crippen LogP contribution in [-0.4, -0.2) is 20.7 Å². The lowest BCUT2D eigenvalue weighted by atomic mass is 9.80. The highest BCUT2D eigenvalue weighted by Crippen LogP contribution is 2.37. The Morgan fingerprint density at radius 3 is 2.58 bits per heavy atom. The molecular formula is C13H14N4O2. The van der Waals surface area contributed by atoms with Crippen molar-refractivity contribution in [2.24, 2.45) is 5.92 Å². The molecule has 2 aromatic rings. The Labute approximate surface area is 110 Å². The number of rotatable bonds is 4. The van der Waals surface area contributed by atoms with E-state index in [4.69, 9.17) is 4.84 Å². The van der Waals surface area contributed by atoms with E-state index in [2.05, 4.69) is 15.7 Å². The maximum atomic E-state index is 11.8. The van der Waals surface area contributed by atoms with E-state index in [1.54, 1.807) is 24.8 Å². The van der Waals surface area contributed by atoms with Crippen LogP contribution in [-0.2, 0) is 4.79 Å². The first-order valence-electron chi connectivity index (χ1n) is 6.19. The number of nitrogens with zero attached hydrogens (tertiary/aromatic N) is 3. The lowest BCUT2D eigenvalue weighted by molar-refractivity contribution is -0.135. The first kappa shape index (κ1) is 11.7. The van der Waals surface area contributed by atoms with E-state index in [0.29, 0.717) is 11.8 Å². The average molecular weight is 258 g/mol. The van der Waals surface area contributed by atoms with Crippen LogP contribution in [0.25, 0.3) is 0 Å². The molecule has 1 N–H and O–H groups in total. The van der Waals surface area contributed by atoms with Crippen LogP contribution in [0.5, 0.6) is 5.75 Å². The summed E-state index contributed by atoms with van der Waals surface area (Å²) >= 11 is 0. The minimum absolute atomic E-state index is 0.00360. The average Bonchev–Trinajstić information content (AvgIpc) is 2.90. The van der Waals surface area contributed by atoms with Crippen LogP contribution in [0.2, 0.25) is 0 Å². The van der Waals surface area contributed by atoms with Gasteiger partial charge in [-0.05, 0) is 25.0 Å². The van der Waals surface area contributed by atoms with E-state index < -0.39 is 0 Å². The van der Waals surface area contributed by atoms with Crippen LogP contribution in [0.3, 0.4) is 0 Å². The minimum Gasteiger partial charge on any atom is -0.380 e. The van der Waals surface area contributed by atoms with Crippen molar-refractivity contribution < 1.29 is 9.63 Å². The second-order valence-electron chi connectivity index (χ2n) is 4.61. The molecule has 1 amide bonds. The Kier molecular flexibility index (Phi) is 3.14. The van der Waals surface area contributed by atoms with E-state index in [9.17, 15) is 4.79 Å². The van der Waals surface area contributed by atoms with E-state index >= 15 is 0 Å². The molecule has 0 unspecified atom stereocenters. The number of benzene rings is 1. The zero-order valence-corrected chi connectivity index (χ0v) is 10.3. The zero-order valence-electron chi connectivity index (χ0n) is 10.3. The van der Waals surface area contributed by atoms with Gasteiger partial charge in [0.15, 0.2) is 5.75 Å². The summed E-state index contributed by atoms with van der Waals surface area (Å²) in [6, 6.07) is 9.51. The molecule has 0 radical (unpaired) electrons. The quantitative estimate of drug-likeness (QED) is 0.840. The summed E-state index contributed by atoms with van der Waals surface area (Å²) in [5.74, 6) is 0.551. The van der Waals surface area contributed by atoms with Gasteiger partial charge >= 0.3 is 0 Å². The Morgan fingerprint density at radius 2 is 1.89 bits per heavy atom. The Hall–Kier alpha value is -2.37. The highest BCUT2D eigenvalue weighted by molar-refractivity contribution is 5.78. The van der Waals surface area contributed by atoms with Crippen molar-refractivity contribution in [3.63, 3.8) is 0 Å². The number of nitrogens with one attached hydrogen (secondary N) is 1. The van der Waals surface area contributed by atoms with E-state index in [1.165, 1.54) is 0 Å². The normalized spacial score (nSPS) is 21.5. The van der Waals surface area contributed by atoms with Gasteiger partial charge in [0.1, 0.15) is 12.7 Å². The van der Waals surface area contributed by atoms with Crippen LogP contribution >= 0.6 is 0 Å². The summed E-state index contributed by atoms with van der Waals surface area (Å²) < 4.78 is 1.93. The van der Waals surface area contributed by atoms with Crippen LogP contribution < -0.4 is 10.3 Å². The van der Waals surface area contributed by atoms with Gasteiger partial charge in [0.25, 0.3) is 5.91 Å². The van der Waals surface area contributed by atoms with Gasteiger partial charge in [-0.25, -0.2) is 0 Å². The van der Waals surface area contributed by atoms with Gasteiger partial charge in [-0.2, -0.15) is 5.48 Å². The van der Waals surface area contributed by atoms with Gasteiger partial charge in [-0.1, -0.05) is 18.2 Å². The topological polar surface area (TPSA) is 69.0 Å². The third-order valence-corrected chi connectivity index (χ3v) is 3.35. The molecule has 1 aromatic heterocycles. The monoisotopic (exact) mass is 258 g/mol. The second kappa shape index (κ2) is 5.09. The Balaban J connectivity index is 1.46. The van der Waals surface area contributed by atoms with Crippen LogP contribution in [0.15, 0.2) is 43.0 Å². The number of amides is 1. The van der Waals surface area contributed by atoms with Crippen LogP contribution in [0, 0.1) is 5.92 Å². The maximum Gasteiger partial charge on any atom is 0.255 e. The molecule has 6 heteroatoms. The largest absolute Gasteiger partial charge is 0.380 e. The smallest absolute Gasteiger partial charge is 0.255 e. The molecule has 0 bridgehead atoms. The van der Waals surface area contributed by atoms with Gasteiger partial charge in [0.05, 0.1) is 0 Å². The maximum absolute atomic E-state index is 11.8. The molecule has 0 atom stereocenters. The van der Waals surface area contributed by atoms with Crippen molar-refractivity contribution in [3.05, 3.63) is 43.0 Å². The van der Waals surface area contributed by atoms with Gasteiger partial charge in [0.2, 0.25) is 0 Å². The first-order chi connectivity index (χ1) is 9.33. The van der Waals surface area contributed by atoms with E-state index in [-0.39, 0.29) is 11.8 Å². The molecule has 6 nitrogen and oxygen atoms in total. The van der Waals surface area contributed by atoms with Gasteiger partial charge in [-0.15, -0.1) is 10.2 Å². The van der Waals surface area contributed by atoms with Crippen LogP contribution in [0.4, 0.5) is 0 Å². The number of hydrogen-bond donors (Lipinski definition) is 1. The summed E-state index contributed by atoms with van der Waals surface area (Å²) in [5.41, 5.74) is 2.49. The fourth-order valence-corrected chi connectivity index (χ4v) is 2.12. The molecule has 1 saturated carbocycles. The van der Waals surface area contributed by atoms with Gasteiger partial charge < -0.3 is 9.40 Å². The van der Waals surface area contributed by atoms with Crippen molar-refractivity contribution in [3.8, 4) is 5.75 Å². The van der Waals surface area contributed by atoms with Crippen molar-refractivity contribution in [1.29, 1.82) is 0 Å². The number of aromatic nitrogens is 3. The molecule has 1 aromatic carbocycles. The van der Waals surface area contributed by atoms with E-state index in [1.807, 2.05) is 22.8 Å². The fraction of sp³-hybridized carbons (Fsp3) is 0.308. The molecule has 0 spiro atoms. The predicted octanol–water partition coefficient (Wildman–Crippen LogP) is 1.34. The molecule has 3 rings (SSSR count). The Morgan fingerprint density at radius 1 is 1.21 bits per heavy atom. The van der Waals surface area contributed by atoms with Gasteiger partial charge in [0, 0.05) is 12.0 Å². The summed E-state index contributed by atoms with van der Waals surface area (Å²) in [4.78, 5) is 17.1. The lowest BCUT2D eigenvalue weighted by Crippen LogP contribution is -2.40. The van der Waals surface area contributed by atoms with Crippen molar-refractivity contribution >= 4 is 5.91 Å². The fourth-order valence-electron chi connectivity index (χ4n) is 2.12. The van der Waals surface area contributed by atoms with Crippen LogP contribution in [0.1, 0.15) is 18.9 Å². The third kappa shape index (κ3) is 2.57. The number of hydrogen-bond acceptors (Lipinski definition) is 4. The van der Waals surface area contributed by atoms with Gasteiger partial charge in [-0.3, -0.25) is 4.79 Å². The molecule has 0 saturated heterocycles. The molecule has 19 heavy (non-hydrogen) atoms. The summed E-state index contributed by atoms with van der Waals surface area (Å²) in [6.07, 6.45) is 4.95. The molecule has 0 aliphatic heterocycles. The SMILES string of the molecule is O=C(NOc1ccccc1)C1CC(n2cnnc2)C1. The third-order valence-electron chi connectivity index (χ3n) is 3.35. The zero-order chi connectivity index (χ0) is 13.1. The summed E-state index contributed by atoms with van der Waals surface area (Å²) in [5, 5.41) is 7.52. The standard InChI is InChI=1S/C13H14N4O2/c18-13(16-19-12-4-2-1-3-5-12)10-6-11(7-10)17-8-14-15-9-17/h1-5,8-11H,6-7H2,(H,16,18). The second-order valence-corrected chi connectivity index (χ2v) is 4.61. The number of para-hydroxylation sites is 1. The summed E-state index contributed by atoms with van der Waals surface area (Å²) in [6.45, 7) is 0.